The van der Waals surface area contributed by atoms with Gasteiger partial charge in [0.25, 0.3) is 11.8 Å². The zero-order valence-electron chi connectivity index (χ0n) is 22.8. The lowest BCUT2D eigenvalue weighted by molar-refractivity contribution is -0.182. The molecule has 0 saturated carbocycles. The van der Waals surface area contributed by atoms with Crippen LogP contribution in [0, 0.1) is 0 Å². The molecule has 2 amide bonds. The van der Waals surface area contributed by atoms with Crippen LogP contribution < -0.4 is 10.6 Å². The van der Waals surface area contributed by atoms with E-state index in [0.717, 1.165) is 12.1 Å². The van der Waals surface area contributed by atoms with Crippen molar-refractivity contribution in [2.75, 3.05) is 17.3 Å². The van der Waals surface area contributed by atoms with Crippen molar-refractivity contribution in [1.82, 2.24) is 14.9 Å². The number of hydrogen-bond donors (Lipinski definition) is 2. The first-order valence-electron chi connectivity index (χ1n) is 12.9. The molecule has 3 aromatic carbocycles. The third-order valence-electron chi connectivity index (χ3n) is 6.59. The Morgan fingerprint density at radius 1 is 1.07 bits per heavy atom. The van der Waals surface area contributed by atoms with Gasteiger partial charge in [-0.1, -0.05) is 47.5 Å². The average molecular weight is 658 g/mol. The van der Waals surface area contributed by atoms with Gasteiger partial charge in [-0.15, -0.1) is 0 Å². The molecule has 3 unspecified atom stereocenters. The molecule has 0 radical (unpaired) electrons. The lowest BCUT2D eigenvalue weighted by Crippen LogP contribution is -2.35. The van der Waals surface area contributed by atoms with Crippen LogP contribution in [0.3, 0.4) is 0 Å². The Morgan fingerprint density at radius 2 is 1.79 bits per heavy atom. The summed E-state index contributed by atoms with van der Waals surface area (Å²) in [5.74, 6) is -0.836. The van der Waals surface area contributed by atoms with Gasteiger partial charge in [-0.3, -0.25) is 13.8 Å². The second kappa shape index (κ2) is 13.4. The average Bonchev–Trinajstić information content (AvgIpc) is 3.34. The first-order valence-corrected chi connectivity index (χ1v) is 15.4. The lowest BCUT2D eigenvalue weighted by atomic mass is 10.0. The summed E-state index contributed by atoms with van der Waals surface area (Å²) in [7, 11) is -1.03. The van der Waals surface area contributed by atoms with Gasteiger partial charge in [0.05, 0.1) is 50.8 Å². The van der Waals surface area contributed by atoms with E-state index in [0.29, 0.717) is 23.3 Å². The molecule has 1 aromatic heterocycles. The molecule has 3 atom stereocenters. The molecule has 0 bridgehead atoms. The minimum atomic E-state index is -5.05. The number of aromatic nitrogens is 2. The summed E-state index contributed by atoms with van der Waals surface area (Å²) in [6, 6.07) is 12.4. The fraction of sp³-hybridized carbons (Fsp3) is 0.276. The Hall–Kier alpha value is -3.48. The van der Waals surface area contributed by atoms with Crippen molar-refractivity contribution in [3.63, 3.8) is 0 Å². The molecule has 0 aliphatic carbocycles. The highest BCUT2D eigenvalue weighted by molar-refractivity contribution is 7.84. The Morgan fingerprint density at radius 3 is 2.49 bits per heavy atom. The Balaban J connectivity index is 1.57. The number of amides is 2. The standard InChI is InChI=1S/C29H26Cl2F4N4O3S/c1-16(11-12-43(2)42)37-28(41)24-19(6-4-7-20(24)30)27(40)38-22-8-3-5-18(25(22)31)14-39-15-36-21-10-9-17(13-23(21)39)26(32)29(33,34)35/h3-10,13,15-16,26H,11-12,14H2,1-2H3,(H,37,41)(H,38,40). The van der Waals surface area contributed by atoms with E-state index in [-0.39, 0.29) is 45.0 Å². The molecule has 0 aliphatic rings. The van der Waals surface area contributed by atoms with Crippen LogP contribution in [0.2, 0.25) is 10.0 Å². The molecular weight excluding hydrogens is 631 g/mol. The van der Waals surface area contributed by atoms with Crippen molar-refractivity contribution in [2.24, 2.45) is 0 Å². The number of carbonyl (C=O) groups excluding carboxylic acids is 2. The summed E-state index contributed by atoms with van der Waals surface area (Å²) in [5.41, 5.74) is 0.736. The van der Waals surface area contributed by atoms with Crippen molar-refractivity contribution in [2.45, 2.75) is 38.3 Å². The van der Waals surface area contributed by atoms with E-state index < -0.39 is 40.5 Å². The van der Waals surface area contributed by atoms with Gasteiger partial charge in [-0.2, -0.15) is 13.2 Å². The molecule has 2 N–H and O–H groups in total. The zero-order chi connectivity index (χ0) is 31.5. The third-order valence-corrected chi connectivity index (χ3v) is 8.17. The number of rotatable bonds is 10. The fourth-order valence-electron chi connectivity index (χ4n) is 4.37. The minimum absolute atomic E-state index is 0.00341. The molecule has 0 aliphatic heterocycles. The van der Waals surface area contributed by atoms with E-state index >= 15 is 0 Å². The molecule has 0 fully saturated rings. The van der Waals surface area contributed by atoms with E-state index in [1.807, 2.05) is 0 Å². The minimum Gasteiger partial charge on any atom is -0.349 e. The molecule has 0 saturated heterocycles. The number of hydrogen-bond acceptors (Lipinski definition) is 4. The van der Waals surface area contributed by atoms with Gasteiger partial charge in [0.1, 0.15) is 0 Å². The summed E-state index contributed by atoms with van der Waals surface area (Å²) < 4.78 is 65.7. The number of carbonyl (C=O) groups is 2. The van der Waals surface area contributed by atoms with Crippen LogP contribution in [-0.4, -0.2) is 49.8 Å². The largest absolute Gasteiger partial charge is 0.423 e. The molecule has 43 heavy (non-hydrogen) atoms. The number of halogens is 6. The van der Waals surface area contributed by atoms with Gasteiger partial charge < -0.3 is 15.2 Å². The molecule has 1 heterocycles. The van der Waals surface area contributed by atoms with E-state index in [1.54, 1.807) is 31.4 Å². The second-order valence-electron chi connectivity index (χ2n) is 9.86. The highest BCUT2D eigenvalue weighted by atomic mass is 35.5. The van der Waals surface area contributed by atoms with Crippen molar-refractivity contribution in [3.05, 3.63) is 93.2 Å². The monoisotopic (exact) mass is 656 g/mol. The zero-order valence-corrected chi connectivity index (χ0v) is 25.2. The number of imidazole rings is 1. The van der Waals surface area contributed by atoms with E-state index in [1.165, 1.54) is 35.2 Å². The van der Waals surface area contributed by atoms with Crippen LogP contribution in [0.4, 0.5) is 23.2 Å². The summed E-state index contributed by atoms with van der Waals surface area (Å²) in [4.78, 5) is 30.6. The van der Waals surface area contributed by atoms with Crippen molar-refractivity contribution in [3.8, 4) is 0 Å². The first kappa shape index (κ1) is 32.4. The smallest absolute Gasteiger partial charge is 0.349 e. The first-order chi connectivity index (χ1) is 20.3. The number of benzene rings is 3. The van der Waals surface area contributed by atoms with Crippen LogP contribution in [0.15, 0.2) is 60.9 Å². The van der Waals surface area contributed by atoms with Gasteiger partial charge in [-0.05, 0) is 54.8 Å². The van der Waals surface area contributed by atoms with Crippen molar-refractivity contribution < 1.29 is 31.4 Å². The highest BCUT2D eigenvalue weighted by Gasteiger charge is 2.41. The number of nitrogens with one attached hydrogen (secondary N) is 2. The van der Waals surface area contributed by atoms with Gasteiger partial charge in [0.2, 0.25) is 6.17 Å². The predicted molar refractivity (Wildman–Crippen MR) is 160 cm³/mol. The molecule has 228 valence electrons. The summed E-state index contributed by atoms with van der Waals surface area (Å²) in [6.45, 7) is 1.81. The van der Waals surface area contributed by atoms with Gasteiger partial charge in [-0.25, -0.2) is 9.37 Å². The van der Waals surface area contributed by atoms with Crippen LogP contribution in [0.5, 0.6) is 0 Å². The highest BCUT2D eigenvalue weighted by Crippen LogP contribution is 2.37. The normalized spacial score (nSPS) is 13.9. The van der Waals surface area contributed by atoms with Crippen LogP contribution in [0.1, 0.15) is 51.4 Å². The Bertz CT molecular complexity index is 1700. The SMILES string of the molecule is CC(CCS(C)=O)NC(=O)c1c(Cl)cccc1C(=O)Nc1cccc(Cn2cnc3ccc(C(F)C(F)(F)F)cc32)c1Cl. The van der Waals surface area contributed by atoms with Gasteiger partial charge in [0.15, 0.2) is 0 Å². The quantitative estimate of drug-likeness (QED) is 0.178. The maximum absolute atomic E-state index is 14.0. The third kappa shape index (κ3) is 7.73. The second-order valence-corrected chi connectivity index (χ2v) is 12.2. The van der Waals surface area contributed by atoms with Crippen molar-refractivity contribution >= 4 is 62.5 Å². The van der Waals surface area contributed by atoms with Crippen LogP contribution in [-0.2, 0) is 17.3 Å². The predicted octanol–water partition coefficient (Wildman–Crippen LogP) is 7.10. The molecule has 4 aromatic rings. The number of anilines is 1. The van der Waals surface area contributed by atoms with E-state index in [4.69, 9.17) is 23.2 Å². The lowest BCUT2D eigenvalue weighted by Gasteiger charge is -2.17. The molecule has 0 spiro atoms. The van der Waals surface area contributed by atoms with Gasteiger partial charge >= 0.3 is 6.18 Å². The maximum Gasteiger partial charge on any atom is 0.423 e. The van der Waals surface area contributed by atoms with E-state index in [9.17, 15) is 31.4 Å². The topological polar surface area (TPSA) is 93.1 Å². The molecule has 7 nitrogen and oxygen atoms in total. The van der Waals surface area contributed by atoms with Crippen molar-refractivity contribution in [1.29, 1.82) is 0 Å². The Labute approximate surface area is 257 Å². The summed E-state index contributed by atoms with van der Waals surface area (Å²) >= 11 is 12.9. The number of fused-ring (bicyclic) bond motifs is 1. The van der Waals surface area contributed by atoms with Crippen LogP contribution >= 0.6 is 23.2 Å². The summed E-state index contributed by atoms with van der Waals surface area (Å²) in [6.07, 6.45) is -4.77. The summed E-state index contributed by atoms with van der Waals surface area (Å²) in [5, 5.41) is 5.66. The number of alkyl halides is 4. The molecule has 14 heteroatoms. The van der Waals surface area contributed by atoms with Gasteiger partial charge in [0, 0.05) is 28.9 Å². The fourth-order valence-corrected chi connectivity index (χ4v) is 5.55. The Kier molecular flexibility index (Phi) is 10.1. The maximum atomic E-state index is 14.0. The molecular formula is C29H26Cl2F4N4O3S. The van der Waals surface area contributed by atoms with Crippen LogP contribution in [0.25, 0.3) is 11.0 Å². The molecule has 4 rings (SSSR count). The number of nitrogens with zero attached hydrogens (tertiary/aromatic N) is 2. The van der Waals surface area contributed by atoms with E-state index in [2.05, 4.69) is 15.6 Å².